The van der Waals surface area contributed by atoms with Crippen LogP contribution in [0.1, 0.15) is 234 Å². The first-order chi connectivity index (χ1) is 34.7. The number of hydrogen-bond acceptors (Lipinski definition) is 6. The molecule has 0 aromatic heterocycles. The van der Waals surface area contributed by atoms with Gasteiger partial charge in [0.05, 0.1) is 11.5 Å². The molecular weight excluding hydrogens is 1040 g/mol. The second-order valence-electron chi connectivity index (χ2n) is 20.2. The summed E-state index contributed by atoms with van der Waals surface area (Å²) >= 11 is 28.5. The Hall–Kier alpha value is 0.297. The van der Waals surface area contributed by atoms with E-state index in [1.165, 1.54) is 266 Å². The van der Waals surface area contributed by atoms with Gasteiger partial charge >= 0.3 is 6.00 Å². The number of halogens is 3. The van der Waals surface area contributed by atoms with Gasteiger partial charge in [0.15, 0.2) is 0 Å². The first kappa shape index (κ1) is 63.8. The lowest BCUT2D eigenvalue weighted by Gasteiger charge is -2.20. The van der Waals surface area contributed by atoms with E-state index in [1.807, 2.05) is 11.8 Å². The smallest absolute Gasteiger partial charge is 0.341 e. The fourth-order valence-electron chi connectivity index (χ4n) is 9.45. The van der Waals surface area contributed by atoms with Gasteiger partial charge in [-0.1, -0.05) is 195 Å². The molecule has 0 fully saturated rings. The van der Waals surface area contributed by atoms with E-state index in [-0.39, 0.29) is 0 Å². The van der Waals surface area contributed by atoms with Gasteiger partial charge in [0, 0.05) is 19.6 Å². The maximum atomic E-state index is 6.95. The van der Waals surface area contributed by atoms with Gasteiger partial charge in [-0.3, -0.25) is 0 Å². The zero-order valence-corrected chi connectivity index (χ0v) is 52.8. The van der Waals surface area contributed by atoms with Crippen LogP contribution in [0.5, 0.6) is 5.75 Å². The van der Waals surface area contributed by atoms with Crippen LogP contribution < -0.4 is 4.74 Å². The van der Waals surface area contributed by atoms with E-state index in [0.29, 0.717) is 0 Å². The summed E-state index contributed by atoms with van der Waals surface area (Å²) in [7, 11) is 0. The minimum absolute atomic E-state index is 0.796. The Morgan fingerprint density at radius 1 is 0.310 bits per heavy atom. The summed E-state index contributed by atoms with van der Waals surface area (Å²) in [5.41, 5.74) is 0. The second kappa shape index (κ2) is 39.6. The zero-order chi connectivity index (χ0) is 50.8. The lowest BCUT2D eigenvalue weighted by molar-refractivity contribution is 0.298. The molecule has 0 heterocycles. The van der Waals surface area contributed by atoms with Crippen molar-refractivity contribution >= 4 is 130 Å². The maximum absolute atomic E-state index is 6.95. The van der Waals surface area contributed by atoms with Gasteiger partial charge in [0.25, 0.3) is 0 Å². The summed E-state index contributed by atoms with van der Waals surface area (Å²) in [4.78, 5) is 7.26. The Kier molecular flexibility index (Phi) is 35.6. The van der Waals surface area contributed by atoms with Gasteiger partial charge in [0.2, 0.25) is 0 Å². The molecule has 71 heavy (non-hydrogen) atoms. The highest BCUT2D eigenvalue weighted by molar-refractivity contribution is 8.02. The number of fused-ring (bicyclic) bond motifs is 6. The Bertz CT molecular complexity index is 1980. The van der Waals surface area contributed by atoms with Crippen molar-refractivity contribution in [3.8, 4) is 5.75 Å². The molecule has 10 heteroatoms. The SMILES string of the molecule is CCCCCSc1cc2c(cc1OCCCCCCCCCCCCCCCCCC[Si](Cl)(Cl)Cl)c1cc(SCCCCC)c(SCCCCC)cc1c1cc(SCCCCC)c(SCCCCC)cc21. The van der Waals surface area contributed by atoms with Crippen molar-refractivity contribution in [3.05, 3.63) is 36.4 Å². The highest BCUT2D eigenvalue weighted by atomic mass is 35.8. The average molecular weight is 1140 g/mol. The third-order valence-electron chi connectivity index (χ3n) is 13.8. The van der Waals surface area contributed by atoms with Crippen molar-refractivity contribution in [1.82, 2.24) is 0 Å². The van der Waals surface area contributed by atoms with Crippen LogP contribution in [0, 0.1) is 0 Å². The van der Waals surface area contributed by atoms with Crippen LogP contribution in [0.3, 0.4) is 0 Å². The molecule has 0 spiro atoms. The fourth-order valence-corrected chi connectivity index (χ4v) is 16.9. The van der Waals surface area contributed by atoms with Crippen molar-refractivity contribution in [2.24, 2.45) is 0 Å². The first-order valence-corrected chi connectivity index (χ1v) is 39.3. The monoisotopic (exact) mass is 1140 g/mol. The van der Waals surface area contributed by atoms with E-state index in [0.717, 1.165) is 37.0 Å². The van der Waals surface area contributed by atoms with Crippen LogP contribution in [0.2, 0.25) is 6.04 Å². The minimum atomic E-state index is -2.42. The van der Waals surface area contributed by atoms with Crippen molar-refractivity contribution in [2.45, 2.75) is 264 Å². The van der Waals surface area contributed by atoms with Crippen LogP contribution >= 0.6 is 92.0 Å². The number of unbranched alkanes of at least 4 members (excludes halogenated alkanes) is 25. The van der Waals surface area contributed by atoms with Gasteiger partial charge in [-0.15, -0.1) is 92.0 Å². The molecule has 0 unspecified atom stereocenters. The molecule has 1 nitrogen and oxygen atoms in total. The predicted molar refractivity (Wildman–Crippen MR) is 338 cm³/mol. The van der Waals surface area contributed by atoms with Crippen LogP contribution in [0.15, 0.2) is 60.9 Å². The van der Waals surface area contributed by atoms with Gasteiger partial charge in [0.1, 0.15) is 5.75 Å². The van der Waals surface area contributed by atoms with E-state index >= 15 is 0 Å². The molecule has 4 aromatic carbocycles. The molecule has 0 atom stereocenters. The van der Waals surface area contributed by atoms with E-state index in [2.05, 4.69) is 118 Å². The minimum Gasteiger partial charge on any atom is -0.492 e. The molecule has 4 rings (SSSR count). The van der Waals surface area contributed by atoms with Crippen LogP contribution in [-0.4, -0.2) is 41.4 Å². The maximum Gasteiger partial charge on any atom is 0.341 e. The second-order valence-corrected chi connectivity index (χ2v) is 35.1. The molecule has 0 radical (unpaired) electrons. The van der Waals surface area contributed by atoms with Gasteiger partial charge < -0.3 is 4.74 Å². The van der Waals surface area contributed by atoms with Crippen molar-refractivity contribution < 1.29 is 4.74 Å². The van der Waals surface area contributed by atoms with Crippen LogP contribution in [-0.2, 0) is 0 Å². The number of hydrogen-bond donors (Lipinski definition) is 0. The molecule has 0 amide bonds. The Balaban J connectivity index is 1.55. The molecule has 0 bridgehead atoms. The Labute approximate surface area is 472 Å². The number of ether oxygens (including phenoxy) is 1. The molecule has 0 N–H and O–H groups in total. The van der Waals surface area contributed by atoms with Gasteiger partial charge in [-0.25, -0.2) is 0 Å². The van der Waals surface area contributed by atoms with Gasteiger partial charge in [-0.05, 0) is 142 Å². The summed E-state index contributed by atoms with van der Waals surface area (Å²) in [6.45, 7) is 12.4. The van der Waals surface area contributed by atoms with E-state index in [4.69, 9.17) is 38.0 Å². The summed E-state index contributed by atoms with van der Waals surface area (Å²) in [6, 6.07) is 13.9. The summed E-state index contributed by atoms with van der Waals surface area (Å²) in [6.07, 6.45) is 40.2. The summed E-state index contributed by atoms with van der Waals surface area (Å²) in [5, 5.41) is 8.47. The molecule has 0 saturated heterocycles. The van der Waals surface area contributed by atoms with E-state index in [1.54, 1.807) is 0 Å². The van der Waals surface area contributed by atoms with Crippen molar-refractivity contribution in [1.29, 1.82) is 0 Å². The lowest BCUT2D eigenvalue weighted by Crippen LogP contribution is -2.07. The van der Waals surface area contributed by atoms with Crippen LogP contribution in [0.25, 0.3) is 32.3 Å². The van der Waals surface area contributed by atoms with Gasteiger partial charge in [-0.2, -0.15) is 0 Å². The summed E-state index contributed by atoms with van der Waals surface area (Å²) < 4.78 is 6.95. The first-order valence-electron chi connectivity index (χ1n) is 29.1. The fraction of sp³-hybridized carbons (Fsp3) is 0.705. The third kappa shape index (κ3) is 25.5. The van der Waals surface area contributed by atoms with Crippen LogP contribution in [0.4, 0.5) is 0 Å². The molecule has 4 aromatic rings. The number of rotatable bonds is 45. The topological polar surface area (TPSA) is 9.23 Å². The molecule has 0 aliphatic carbocycles. The third-order valence-corrected chi connectivity index (χ3v) is 22.3. The number of thioether (sulfide) groups is 5. The highest BCUT2D eigenvalue weighted by Crippen LogP contribution is 2.47. The van der Waals surface area contributed by atoms with Crippen molar-refractivity contribution in [2.75, 3.05) is 35.4 Å². The largest absolute Gasteiger partial charge is 0.492 e. The summed E-state index contributed by atoms with van der Waals surface area (Å²) in [5.74, 6) is 6.99. The quantitative estimate of drug-likeness (QED) is 0.0142. The molecule has 0 aliphatic rings. The van der Waals surface area contributed by atoms with E-state index < -0.39 is 6.00 Å². The molecule has 0 aliphatic heterocycles. The average Bonchev–Trinajstić information content (AvgIpc) is 3.36. The Morgan fingerprint density at radius 2 is 0.563 bits per heavy atom. The molecular formula is C61H97Cl3OS5Si. The van der Waals surface area contributed by atoms with E-state index in [9.17, 15) is 0 Å². The zero-order valence-electron chi connectivity index (χ0n) is 45.4. The van der Waals surface area contributed by atoms with Crippen molar-refractivity contribution in [3.63, 3.8) is 0 Å². The number of benzene rings is 4. The molecule has 0 saturated carbocycles. The predicted octanol–water partition coefficient (Wildman–Crippen LogP) is 24.8. The molecule has 402 valence electrons. The Morgan fingerprint density at radius 3 is 0.859 bits per heavy atom. The highest BCUT2D eigenvalue weighted by Gasteiger charge is 2.23. The standard InChI is InChI=1S/C61H97Cl3OS5Si/c1-6-11-31-38-66-57-45-51-50(44-56(57)65-37-30-28-26-24-22-20-18-16-17-19-21-23-25-27-29-36-43-71(62,63)64)52-46-58(67-39-32-12-7-2)60(69-41-34-14-9-4)48-54(52)55-49-61(70-42-35-15-10-5)59(47-53(51)55)68-40-33-13-8-3/h44-49H,6-43H2,1-5H3. The lowest BCUT2D eigenvalue weighted by atomic mass is 9.94. The normalized spacial score (nSPS) is 12.1.